The SMILES string of the molecule is COCCC(C)(C)CNS(=O)(=O)c1ccc(Cl)cc1N. The number of nitrogens with one attached hydrogen (secondary N) is 1. The molecule has 0 spiro atoms. The Bertz CT molecular complexity index is 559. The van der Waals surface area contributed by atoms with Gasteiger partial charge in [-0.25, -0.2) is 13.1 Å². The van der Waals surface area contributed by atoms with Crippen molar-refractivity contribution in [2.24, 2.45) is 5.41 Å². The van der Waals surface area contributed by atoms with Crippen molar-refractivity contribution in [3.05, 3.63) is 23.2 Å². The van der Waals surface area contributed by atoms with Gasteiger partial charge < -0.3 is 10.5 Å². The summed E-state index contributed by atoms with van der Waals surface area (Å²) in [5.74, 6) is 0. The Balaban J connectivity index is 2.80. The molecule has 114 valence electrons. The van der Waals surface area contributed by atoms with Gasteiger partial charge in [0.05, 0.1) is 5.69 Å². The van der Waals surface area contributed by atoms with Crippen LogP contribution in [0.15, 0.2) is 23.1 Å². The Morgan fingerprint density at radius 2 is 2.05 bits per heavy atom. The molecule has 20 heavy (non-hydrogen) atoms. The Morgan fingerprint density at radius 1 is 1.40 bits per heavy atom. The van der Waals surface area contributed by atoms with Gasteiger partial charge in [-0.1, -0.05) is 25.4 Å². The Kier molecular flexibility index (Phi) is 5.82. The summed E-state index contributed by atoms with van der Waals surface area (Å²) in [6.07, 6.45) is 0.752. The van der Waals surface area contributed by atoms with Crippen molar-refractivity contribution < 1.29 is 13.2 Å². The predicted molar refractivity (Wildman–Crippen MR) is 81.3 cm³/mol. The summed E-state index contributed by atoms with van der Waals surface area (Å²) in [6.45, 7) is 4.83. The summed E-state index contributed by atoms with van der Waals surface area (Å²) in [7, 11) is -2.02. The van der Waals surface area contributed by atoms with Crippen LogP contribution in [0, 0.1) is 5.41 Å². The van der Waals surface area contributed by atoms with Crippen molar-refractivity contribution >= 4 is 27.3 Å². The molecule has 0 unspecified atom stereocenters. The molecule has 0 saturated carbocycles. The van der Waals surface area contributed by atoms with Gasteiger partial charge in [-0.3, -0.25) is 0 Å². The number of sulfonamides is 1. The van der Waals surface area contributed by atoms with Gasteiger partial charge >= 0.3 is 0 Å². The van der Waals surface area contributed by atoms with Crippen molar-refractivity contribution in [3.8, 4) is 0 Å². The standard InChI is InChI=1S/C13H21ClN2O3S/c1-13(2,6-7-19-3)9-16-20(17,18)12-5-4-10(14)8-11(12)15/h4-5,8,16H,6-7,9,15H2,1-3H3. The molecular weight excluding hydrogens is 300 g/mol. The quantitative estimate of drug-likeness (QED) is 0.755. The van der Waals surface area contributed by atoms with Gasteiger partial charge in [-0.2, -0.15) is 0 Å². The highest BCUT2D eigenvalue weighted by atomic mass is 35.5. The Morgan fingerprint density at radius 3 is 2.60 bits per heavy atom. The summed E-state index contributed by atoms with van der Waals surface area (Å²) in [5, 5.41) is 0.405. The fourth-order valence-corrected chi connectivity index (χ4v) is 3.13. The number of nitrogens with two attached hydrogens (primary N) is 1. The molecule has 5 nitrogen and oxygen atoms in total. The zero-order chi connectivity index (χ0) is 15.4. The molecule has 0 heterocycles. The average Bonchev–Trinajstić information content (AvgIpc) is 2.34. The van der Waals surface area contributed by atoms with Crippen molar-refractivity contribution in [1.29, 1.82) is 0 Å². The third-order valence-electron chi connectivity index (χ3n) is 2.99. The Labute approximate surface area is 125 Å². The lowest BCUT2D eigenvalue weighted by molar-refractivity contribution is 0.153. The number of hydrogen-bond acceptors (Lipinski definition) is 4. The van der Waals surface area contributed by atoms with E-state index in [4.69, 9.17) is 22.1 Å². The first kappa shape index (κ1) is 17.2. The first-order valence-electron chi connectivity index (χ1n) is 6.21. The number of nitrogen functional groups attached to an aromatic ring is 1. The fourth-order valence-electron chi connectivity index (χ4n) is 1.60. The molecule has 1 aromatic carbocycles. The first-order valence-corrected chi connectivity index (χ1v) is 8.08. The summed E-state index contributed by atoms with van der Waals surface area (Å²) < 4.78 is 32.0. The van der Waals surface area contributed by atoms with E-state index in [1.807, 2.05) is 13.8 Å². The topological polar surface area (TPSA) is 81.4 Å². The van der Waals surface area contributed by atoms with Crippen LogP contribution in [0.3, 0.4) is 0 Å². The number of halogens is 1. The number of anilines is 1. The monoisotopic (exact) mass is 320 g/mol. The number of rotatable bonds is 7. The van der Waals surface area contributed by atoms with E-state index in [0.717, 1.165) is 6.42 Å². The van der Waals surface area contributed by atoms with Crippen LogP contribution in [0.5, 0.6) is 0 Å². The van der Waals surface area contributed by atoms with Crippen LogP contribution < -0.4 is 10.5 Å². The predicted octanol–water partition coefficient (Wildman–Crippen LogP) is 2.26. The van der Waals surface area contributed by atoms with Gasteiger partial charge in [0.2, 0.25) is 10.0 Å². The van der Waals surface area contributed by atoms with Crippen LogP contribution in [-0.4, -0.2) is 28.7 Å². The minimum Gasteiger partial charge on any atom is -0.398 e. The van der Waals surface area contributed by atoms with Crippen LogP contribution in [0.4, 0.5) is 5.69 Å². The van der Waals surface area contributed by atoms with E-state index in [0.29, 0.717) is 18.2 Å². The molecule has 0 saturated heterocycles. The minimum atomic E-state index is -3.64. The number of ether oxygens (including phenoxy) is 1. The molecule has 0 amide bonds. The van der Waals surface area contributed by atoms with E-state index in [1.54, 1.807) is 7.11 Å². The lowest BCUT2D eigenvalue weighted by Gasteiger charge is -2.24. The highest BCUT2D eigenvalue weighted by Gasteiger charge is 2.23. The van der Waals surface area contributed by atoms with E-state index in [9.17, 15) is 8.42 Å². The van der Waals surface area contributed by atoms with Crippen molar-refractivity contribution in [2.45, 2.75) is 25.2 Å². The van der Waals surface area contributed by atoms with Crippen molar-refractivity contribution in [2.75, 3.05) is 26.0 Å². The molecule has 7 heteroatoms. The van der Waals surface area contributed by atoms with Gasteiger partial charge in [0.15, 0.2) is 0 Å². The number of hydrogen-bond donors (Lipinski definition) is 2. The molecule has 0 bridgehead atoms. The van der Waals surface area contributed by atoms with Crippen LogP contribution in [0.2, 0.25) is 5.02 Å². The maximum absolute atomic E-state index is 12.2. The molecule has 0 aliphatic heterocycles. The molecular formula is C13H21ClN2O3S. The van der Waals surface area contributed by atoms with Crippen LogP contribution in [-0.2, 0) is 14.8 Å². The lowest BCUT2D eigenvalue weighted by Crippen LogP contribution is -2.35. The fraction of sp³-hybridized carbons (Fsp3) is 0.538. The smallest absolute Gasteiger partial charge is 0.242 e. The Hall–Kier alpha value is -0.820. The molecule has 0 aliphatic carbocycles. The molecule has 1 rings (SSSR count). The third-order valence-corrected chi connectivity index (χ3v) is 4.70. The highest BCUT2D eigenvalue weighted by molar-refractivity contribution is 7.89. The molecule has 0 radical (unpaired) electrons. The summed E-state index contributed by atoms with van der Waals surface area (Å²) in [5.41, 5.74) is 5.64. The van der Waals surface area contributed by atoms with E-state index in [2.05, 4.69) is 4.72 Å². The summed E-state index contributed by atoms with van der Waals surface area (Å²) >= 11 is 5.76. The molecule has 0 atom stereocenters. The zero-order valence-electron chi connectivity index (χ0n) is 11.9. The molecule has 3 N–H and O–H groups in total. The maximum atomic E-state index is 12.2. The molecule has 0 fully saturated rings. The highest BCUT2D eigenvalue weighted by Crippen LogP contribution is 2.24. The van der Waals surface area contributed by atoms with Crippen molar-refractivity contribution in [3.63, 3.8) is 0 Å². The molecule has 0 aliphatic rings. The largest absolute Gasteiger partial charge is 0.398 e. The van der Waals surface area contributed by atoms with Crippen LogP contribution in [0.1, 0.15) is 20.3 Å². The van der Waals surface area contributed by atoms with Gasteiger partial charge in [0, 0.05) is 25.3 Å². The number of benzene rings is 1. The van der Waals surface area contributed by atoms with Gasteiger partial charge in [0.1, 0.15) is 4.90 Å². The van der Waals surface area contributed by atoms with Gasteiger partial charge in [0.25, 0.3) is 0 Å². The minimum absolute atomic E-state index is 0.0458. The third kappa shape index (κ3) is 4.94. The van der Waals surface area contributed by atoms with E-state index in [-0.39, 0.29) is 16.0 Å². The van der Waals surface area contributed by atoms with Gasteiger partial charge in [-0.05, 0) is 30.0 Å². The van der Waals surface area contributed by atoms with Crippen LogP contribution >= 0.6 is 11.6 Å². The summed E-state index contributed by atoms with van der Waals surface area (Å²) in [4.78, 5) is 0.0458. The number of methoxy groups -OCH3 is 1. The normalized spacial score (nSPS) is 12.6. The van der Waals surface area contributed by atoms with Crippen LogP contribution in [0.25, 0.3) is 0 Å². The summed E-state index contributed by atoms with van der Waals surface area (Å²) in [6, 6.07) is 4.33. The second-order valence-corrected chi connectivity index (χ2v) is 7.59. The lowest BCUT2D eigenvalue weighted by atomic mass is 9.90. The van der Waals surface area contributed by atoms with Crippen molar-refractivity contribution in [1.82, 2.24) is 4.72 Å². The average molecular weight is 321 g/mol. The maximum Gasteiger partial charge on any atom is 0.242 e. The second kappa shape index (κ2) is 6.76. The van der Waals surface area contributed by atoms with E-state index < -0.39 is 10.0 Å². The van der Waals surface area contributed by atoms with Gasteiger partial charge in [-0.15, -0.1) is 0 Å². The van der Waals surface area contributed by atoms with E-state index in [1.165, 1.54) is 18.2 Å². The second-order valence-electron chi connectivity index (χ2n) is 5.41. The molecule has 0 aromatic heterocycles. The first-order chi connectivity index (χ1) is 9.18. The zero-order valence-corrected chi connectivity index (χ0v) is 13.5. The molecule has 1 aromatic rings. The van der Waals surface area contributed by atoms with E-state index >= 15 is 0 Å².